The van der Waals surface area contributed by atoms with Crippen molar-refractivity contribution in [2.75, 3.05) is 11.6 Å². The molecular weight excluding hydrogens is 333 g/mol. The minimum atomic E-state index is -3.69. The third-order valence-electron chi connectivity index (χ3n) is 3.24. The van der Waals surface area contributed by atoms with Gasteiger partial charge in [-0.2, -0.15) is 0 Å². The van der Waals surface area contributed by atoms with E-state index in [4.69, 9.17) is 0 Å². The Morgan fingerprint density at radius 1 is 1.25 bits per heavy atom. The Bertz CT molecular complexity index is 896. The van der Waals surface area contributed by atoms with Gasteiger partial charge in [0.05, 0.1) is 11.3 Å². The van der Waals surface area contributed by atoms with E-state index >= 15 is 0 Å². The summed E-state index contributed by atoms with van der Waals surface area (Å²) in [7, 11) is -3.69. The van der Waals surface area contributed by atoms with Gasteiger partial charge >= 0.3 is 0 Å². The zero-order valence-electron chi connectivity index (χ0n) is 13.8. The third-order valence-corrected chi connectivity index (χ3v) is 4.09. The van der Waals surface area contributed by atoms with Crippen molar-refractivity contribution in [2.45, 2.75) is 32.0 Å². The second kappa shape index (κ2) is 6.64. The van der Waals surface area contributed by atoms with Crippen LogP contribution in [0.5, 0.6) is 0 Å². The van der Waals surface area contributed by atoms with Gasteiger partial charge in [-0.15, -0.1) is 0 Å². The topological polar surface area (TPSA) is 89.0 Å². The summed E-state index contributed by atoms with van der Waals surface area (Å²) in [5.74, 6) is -0.295. The maximum absolute atomic E-state index is 13.4. The molecule has 0 fully saturated rings. The lowest BCUT2D eigenvalue weighted by atomic mass is 10.0. The minimum Gasteiger partial charge on any atom is -0.367 e. The van der Waals surface area contributed by atoms with E-state index in [1.54, 1.807) is 6.92 Å². The smallest absolute Gasteiger partial charge is 0.249 e. The molecule has 128 valence electrons. The highest BCUT2D eigenvalue weighted by atomic mass is 32.2. The summed E-state index contributed by atoms with van der Waals surface area (Å²) in [5.41, 5.74) is 1.29. The molecule has 0 aliphatic carbocycles. The largest absolute Gasteiger partial charge is 0.367 e. The van der Waals surface area contributed by atoms with Crippen molar-refractivity contribution < 1.29 is 17.6 Å². The summed E-state index contributed by atoms with van der Waals surface area (Å²) in [6.07, 6.45) is 1.55. The van der Waals surface area contributed by atoms with E-state index < -0.39 is 20.8 Å². The first-order chi connectivity index (χ1) is 11.1. The monoisotopic (exact) mass is 351 g/mol. The number of anilines is 1. The van der Waals surface area contributed by atoms with E-state index in [0.29, 0.717) is 17.4 Å². The third kappa shape index (κ3) is 3.76. The van der Waals surface area contributed by atoms with Crippen LogP contribution in [0.15, 0.2) is 23.4 Å². The first-order valence-electron chi connectivity index (χ1n) is 7.23. The van der Waals surface area contributed by atoms with Crippen LogP contribution in [0, 0.1) is 12.7 Å². The lowest BCUT2D eigenvalue weighted by Gasteiger charge is -2.16. The molecule has 0 atom stereocenters. The second-order valence-corrected chi connectivity index (χ2v) is 7.67. The van der Waals surface area contributed by atoms with E-state index in [9.17, 15) is 17.6 Å². The van der Waals surface area contributed by atoms with Crippen LogP contribution >= 0.6 is 0 Å². The predicted octanol–water partition coefficient (Wildman–Crippen LogP) is 2.63. The Labute approximate surface area is 140 Å². The number of carbonyl (C=O) groups is 1. The average molecular weight is 351 g/mol. The number of nitrogens with one attached hydrogen (secondary N) is 1. The lowest BCUT2D eigenvalue weighted by molar-refractivity contribution is 0.112. The fraction of sp³-hybridized carbons (Fsp3) is 0.312. The van der Waals surface area contributed by atoms with Gasteiger partial charge in [-0.05, 0) is 44.5 Å². The molecule has 6 nitrogen and oxygen atoms in total. The van der Waals surface area contributed by atoms with Gasteiger partial charge in [0.1, 0.15) is 11.6 Å². The number of aromatic nitrogens is 2. The van der Waals surface area contributed by atoms with Crippen molar-refractivity contribution in [1.29, 1.82) is 0 Å². The van der Waals surface area contributed by atoms with Gasteiger partial charge in [-0.25, -0.2) is 22.8 Å². The number of nitrogens with zero attached hydrogens (tertiary/aromatic N) is 2. The van der Waals surface area contributed by atoms with E-state index in [1.165, 1.54) is 18.2 Å². The van der Waals surface area contributed by atoms with Crippen LogP contribution in [0.25, 0.3) is 11.3 Å². The Balaban J connectivity index is 2.83. The number of carbonyl (C=O) groups excluding carboxylic acids is 1. The summed E-state index contributed by atoms with van der Waals surface area (Å²) in [6, 6.07) is 3.91. The highest BCUT2D eigenvalue weighted by Gasteiger charge is 2.22. The van der Waals surface area contributed by atoms with E-state index in [2.05, 4.69) is 15.3 Å². The van der Waals surface area contributed by atoms with E-state index in [0.717, 1.165) is 6.26 Å². The highest BCUT2D eigenvalue weighted by molar-refractivity contribution is 7.90. The Kier molecular flexibility index (Phi) is 4.98. The molecular formula is C16H18FN3O3S. The number of hydrogen-bond donors (Lipinski definition) is 1. The van der Waals surface area contributed by atoms with Gasteiger partial charge < -0.3 is 5.32 Å². The van der Waals surface area contributed by atoms with Gasteiger partial charge in [0.25, 0.3) is 0 Å². The molecule has 0 saturated heterocycles. The van der Waals surface area contributed by atoms with E-state index in [-0.39, 0.29) is 23.1 Å². The number of sulfone groups is 1. The molecule has 0 spiro atoms. The number of aryl methyl sites for hydroxylation is 1. The van der Waals surface area contributed by atoms with Gasteiger partial charge in [0, 0.05) is 17.9 Å². The molecule has 1 aromatic carbocycles. The van der Waals surface area contributed by atoms with Crippen molar-refractivity contribution in [3.8, 4) is 11.3 Å². The summed E-state index contributed by atoms with van der Waals surface area (Å²) in [5, 5.41) is 2.56. The maximum atomic E-state index is 13.4. The predicted molar refractivity (Wildman–Crippen MR) is 89.4 cm³/mol. The number of benzene rings is 1. The average Bonchev–Trinajstić information content (AvgIpc) is 2.45. The summed E-state index contributed by atoms with van der Waals surface area (Å²) in [4.78, 5) is 19.6. The molecule has 1 aromatic heterocycles. The molecule has 2 rings (SSSR count). The van der Waals surface area contributed by atoms with Crippen LogP contribution in [-0.4, -0.2) is 37.0 Å². The quantitative estimate of drug-likeness (QED) is 0.658. The van der Waals surface area contributed by atoms with Crippen LogP contribution in [-0.2, 0) is 9.84 Å². The fourth-order valence-corrected chi connectivity index (χ4v) is 2.72. The fourth-order valence-electron chi connectivity index (χ4n) is 2.21. The highest BCUT2D eigenvalue weighted by Crippen LogP contribution is 2.29. The van der Waals surface area contributed by atoms with Crippen LogP contribution in [0.4, 0.5) is 10.2 Å². The Hall–Kier alpha value is -2.35. The molecule has 8 heteroatoms. The molecule has 0 saturated carbocycles. The van der Waals surface area contributed by atoms with Gasteiger partial charge in [-0.1, -0.05) is 0 Å². The molecule has 1 heterocycles. The van der Waals surface area contributed by atoms with Crippen molar-refractivity contribution in [2.24, 2.45) is 0 Å². The molecule has 0 unspecified atom stereocenters. The van der Waals surface area contributed by atoms with Crippen molar-refractivity contribution >= 4 is 21.9 Å². The van der Waals surface area contributed by atoms with Crippen molar-refractivity contribution in [1.82, 2.24) is 9.97 Å². The second-order valence-electron chi connectivity index (χ2n) is 5.77. The summed E-state index contributed by atoms with van der Waals surface area (Å²) >= 11 is 0. The number of rotatable bonds is 5. The van der Waals surface area contributed by atoms with Crippen molar-refractivity contribution in [3.63, 3.8) is 0 Å². The molecule has 24 heavy (non-hydrogen) atoms. The van der Waals surface area contributed by atoms with Crippen LogP contribution in [0.3, 0.4) is 0 Å². The number of aldehydes is 1. The van der Waals surface area contributed by atoms with Gasteiger partial charge in [-0.3, -0.25) is 4.79 Å². The molecule has 0 aliphatic heterocycles. The number of hydrogen-bond acceptors (Lipinski definition) is 6. The van der Waals surface area contributed by atoms with E-state index in [1.807, 2.05) is 13.8 Å². The van der Waals surface area contributed by atoms with Crippen LogP contribution < -0.4 is 5.32 Å². The Morgan fingerprint density at radius 3 is 2.42 bits per heavy atom. The lowest BCUT2D eigenvalue weighted by Crippen LogP contribution is -2.17. The minimum absolute atomic E-state index is 0.0758. The summed E-state index contributed by atoms with van der Waals surface area (Å²) in [6.45, 7) is 5.32. The normalized spacial score (nSPS) is 11.6. The first-order valence-corrected chi connectivity index (χ1v) is 9.13. The molecule has 0 radical (unpaired) electrons. The molecule has 0 bridgehead atoms. The molecule has 0 aliphatic rings. The molecule has 1 N–H and O–H groups in total. The van der Waals surface area contributed by atoms with Crippen LogP contribution in [0.2, 0.25) is 0 Å². The first kappa shape index (κ1) is 18.0. The van der Waals surface area contributed by atoms with Gasteiger partial charge in [0.15, 0.2) is 6.29 Å². The Morgan fingerprint density at radius 2 is 1.92 bits per heavy atom. The van der Waals surface area contributed by atoms with Crippen LogP contribution in [0.1, 0.15) is 29.8 Å². The SMILES string of the molecule is Cc1cc(F)ccc1-c1nc(S(C)(=O)=O)nc(NC(C)C)c1C=O. The maximum Gasteiger partial charge on any atom is 0.249 e. The molecule has 2 aromatic rings. The zero-order valence-corrected chi connectivity index (χ0v) is 14.6. The molecule has 0 amide bonds. The zero-order chi connectivity index (χ0) is 18.1. The standard InChI is InChI=1S/C16H18FN3O3S/c1-9(2)18-15-13(8-21)14(19-16(20-15)24(4,22)23)12-6-5-11(17)7-10(12)3/h5-9H,1-4H3,(H,18,19,20). The number of halogens is 1. The van der Waals surface area contributed by atoms with Crippen molar-refractivity contribution in [3.05, 3.63) is 35.1 Å². The van der Waals surface area contributed by atoms with Gasteiger partial charge in [0.2, 0.25) is 15.0 Å². The summed E-state index contributed by atoms with van der Waals surface area (Å²) < 4.78 is 37.1.